The van der Waals surface area contributed by atoms with Crippen LogP contribution >= 0.6 is 0 Å². The van der Waals surface area contributed by atoms with Gasteiger partial charge in [-0.1, -0.05) is 20.3 Å². The summed E-state index contributed by atoms with van der Waals surface area (Å²) in [5, 5.41) is 3.32. The van der Waals surface area contributed by atoms with Crippen molar-refractivity contribution >= 4 is 9.84 Å². The zero-order valence-electron chi connectivity index (χ0n) is 11.0. The van der Waals surface area contributed by atoms with Gasteiger partial charge in [-0.25, -0.2) is 8.42 Å². The van der Waals surface area contributed by atoms with Gasteiger partial charge in [-0.05, 0) is 20.0 Å². The fourth-order valence-electron chi connectivity index (χ4n) is 1.61. The fraction of sp³-hybridized carbons (Fsp3) is 1.00. The van der Waals surface area contributed by atoms with Gasteiger partial charge in [0.05, 0.1) is 5.75 Å². The highest BCUT2D eigenvalue weighted by Gasteiger charge is 2.14. The molecule has 98 valence electrons. The van der Waals surface area contributed by atoms with Gasteiger partial charge in [0.25, 0.3) is 0 Å². The lowest BCUT2D eigenvalue weighted by Gasteiger charge is -2.27. The molecular weight excluding hydrogens is 224 g/mol. The van der Waals surface area contributed by atoms with Gasteiger partial charge in [-0.15, -0.1) is 0 Å². The largest absolute Gasteiger partial charge is 0.315 e. The molecule has 0 aliphatic heterocycles. The molecule has 1 N–H and O–H groups in total. The Bertz CT molecular complexity index is 265. The van der Waals surface area contributed by atoms with Crippen molar-refractivity contribution in [1.29, 1.82) is 0 Å². The van der Waals surface area contributed by atoms with E-state index in [0.29, 0.717) is 12.6 Å². The van der Waals surface area contributed by atoms with Gasteiger partial charge in [0.1, 0.15) is 9.84 Å². The summed E-state index contributed by atoms with van der Waals surface area (Å²) in [6.45, 7) is 6.75. The molecule has 0 saturated carbocycles. The van der Waals surface area contributed by atoms with E-state index < -0.39 is 9.84 Å². The number of nitrogens with one attached hydrogen (secondary N) is 1. The summed E-state index contributed by atoms with van der Waals surface area (Å²) in [5.74, 6) is 0.246. The lowest BCUT2D eigenvalue weighted by Crippen LogP contribution is -2.42. The number of sulfone groups is 1. The zero-order valence-corrected chi connectivity index (χ0v) is 11.8. The first-order valence-corrected chi connectivity index (χ1v) is 8.05. The van der Waals surface area contributed by atoms with Crippen LogP contribution in [0, 0.1) is 0 Å². The predicted octanol–water partition coefficient (Wildman–Crippen LogP) is 0.741. The van der Waals surface area contributed by atoms with Gasteiger partial charge >= 0.3 is 0 Å². The Morgan fingerprint density at radius 2 is 1.94 bits per heavy atom. The topological polar surface area (TPSA) is 49.4 Å². The van der Waals surface area contributed by atoms with Crippen LogP contribution in [0.3, 0.4) is 0 Å². The second kappa shape index (κ2) is 8.03. The Balaban J connectivity index is 4.09. The van der Waals surface area contributed by atoms with Crippen LogP contribution in [0.15, 0.2) is 0 Å². The third kappa shape index (κ3) is 8.07. The van der Waals surface area contributed by atoms with E-state index in [0.717, 1.165) is 25.9 Å². The molecule has 0 heterocycles. The van der Waals surface area contributed by atoms with E-state index in [1.165, 1.54) is 6.26 Å². The highest BCUT2D eigenvalue weighted by Crippen LogP contribution is 2.04. The Morgan fingerprint density at radius 3 is 2.38 bits per heavy atom. The summed E-state index contributed by atoms with van der Waals surface area (Å²) in [5.41, 5.74) is 0. The first-order chi connectivity index (χ1) is 7.40. The van der Waals surface area contributed by atoms with Crippen molar-refractivity contribution in [3.63, 3.8) is 0 Å². The summed E-state index contributed by atoms with van der Waals surface area (Å²) < 4.78 is 22.2. The molecule has 0 rings (SSSR count). The molecule has 1 atom stereocenters. The second-order valence-corrected chi connectivity index (χ2v) is 6.62. The van der Waals surface area contributed by atoms with Crippen molar-refractivity contribution in [3.05, 3.63) is 0 Å². The van der Waals surface area contributed by atoms with Crippen LogP contribution in [-0.4, -0.2) is 58.1 Å². The number of hydrogen-bond acceptors (Lipinski definition) is 4. The van der Waals surface area contributed by atoms with Crippen molar-refractivity contribution < 1.29 is 8.42 Å². The molecular formula is C11H26N2O2S. The third-order valence-corrected chi connectivity index (χ3v) is 3.61. The quantitative estimate of drug-likeness (QED) is 0.656. The average Bonchev–Trinajstić information content (AvgIpc) is 2.19. The number of hydrogen-bond donors (Lipinski definition) is 1. The zero-order chi connectivity index (χ0) is 12.6. The van der Waals surface area contributed by atoms with Crippen LogP contribution in [0.1, 0.15) is 26.7 Å². The Hall–Kier alpha value is -0.130. The summed E-state index contributed by atoms with van der Waals surface area (Å²) in [4.78, 5) is 2.15. The van der Waals surface area contributed by atoms with Crippen molar-refractivity contribution in [3.8, 4) is 0 Å². The van der Waals surface area contributed by atoms with E-state index in [4.69, 9.17) is 0 Å². The van der Waals surface area contributed by atoms with Gasteiger partial charge in [-0.3, -0.25) is 0 Å². The highest BCUT2D eigenvalue weighted by molar-refractivity contribution is 7.90. The minimum atomic E-state index is -2.85. The summed E-state index contributed by atoms with van der Waals surface area (Å²) >= 11 is 0. The minimum absolute atomic E-state index is 0.246. The lowest BCUT2D eigenvalue weighted by molar-refractivity contribution is 0.235. The smallest absolute Gasteiger partial charge is 0.148 e. The van der Waals surface area contributed by atoms with E-state index in [2.05, 4.69) is 24.1 Å². The molecule has 16 heavy (non-hydrogen) atoms. The van der Waals surface area contributed by atoms with Gasteiger partial charge in [-0.2, -0.15) is 0 Å². The van der Waals surface area contributed by atoms with Crippen LogP contribution in [0.5, 0.6) is 0 Å². The SMILES string of the molecule is CCCC(CNCC)N(C)CCS(C)(=O)=O. The maximum Gasteiger partial charge on any atom is 0.148 e. The molecule has 0 amide bonds. The molecule has 0 aromatic rings. The van der Waals surface area contributed by atoms with Crippen molar-refractivity contribution in [2.24, 2.45) is 0 Å². The monoisotopic (exact) mass is 250 g/mol. The van der Waals surface area contributed by atoms with Crippen molar-refractivity contribution in [2.45, 2.75) is 32.7 Å². The van der Waals surface area contributed by atoms with Crippen LogP contribution in [0.2, 0.25) is 0 Å². The van der Waals surface area contributed by atoms with Crippen LogP contribution in [-0.2, 0) is 9.84 Å². The average molecular weight is 250 g/mol. The van der Waals surface area contributed by atoms with Gasteiger partial charge in [0, 0.05) is 25.4 Å². The molecule has 0 aromatic heterocycles. The Kier molecular flexibility index (Phi) is 7.97. The summed E-state index contributed by atoms with van der Waals surface area (Å²) in [6.07, 6.45) is 3.52. The first kappa shape index (κ1) is 15.9. The Morgan fingerprint density at radius 1 is 1.31 bits per heavy atom. The molecule has 1 unspecified atom stereocenters. The molecule has 5 heteroatoms. The normalized spacial score (nSPS) is 14.3. The lowest BCUT2D eigenvalue weighted by atomic mass is 10.1. The molecule has 0 aromatic carbocycles. The summed E-state index contributed by atoms with van der Waals surface area (Å²) in [7, 11) is -0.847. The predicted molar refractivity (Wildman–Crippen MR) is 69.6 cm³/mol. The van der Waals surface area contributed by atoms with E-state index in [1.54, 1.807) is 0 Å². The van der Waals surface area contributed by atoms with Gasteiger partial charge in [0.15, 0.2) is 0 Å². The molecule has 0 fully saturated rings. The van der Waals surface area contributed by atoms with E-state index in [1.807, 2.05) is 7.05 Å². The maximum absolute atomic E-state index is 11.1. The molecule has 0 aliphatic rings. The van der Waals surface area contributed by atoms with Gasteiger partial charge in [0.2, 0.25) is 0 Å². The van der Waals surface area contributed by atoms with Crippen molar-refractivity contribution in [1.82, 2.24) is 10.2 Å². The van der Waals surface area contributed by atoms with E-state index in [-0.39, 0.29) is 5.75 Å². The minimum Gasteiger partial charge on any atom is -0.315 e. The molecule has 0 radical (unpaired) electrons. The van der Waals surface area contributed by atoms with Crippen LogP contribution in [0.4, 0.5) is 0 Å². The third-order valence-electron chi connectivity index (χ3n) is 2.69. The molecule has 0 bridgehead atoms. The second-order valence-electron chi connectivity index (χ2n) is 4.36. The standard InChI is InChI=1S/C11H26N2O2S/c1-5-7-11(10-12-6-2)13(3)8-9-16(4,14)15/h11-12H,5-10H2,1-4H3. The van der Waals surface area contributed by atoms with Crippen LogP contribution in [0.25, 0.3) is 0 Å². The van der Waals surface area contributed by atoms with E-state index in [9.17, 15) is 8.42 Å². The van der Waals surface area contributed by atoms with Gasteiger partial charge < -0.3 is 10.2 Å². The molecule has 0 saturated heterocycles. The first-order valence-electron chi connectivity index (χ1n) is 5.99. The van der Waals surface area contributed by atoms with E-state index >= 15 is 0 Å². The fourth-order valence-corrected chi connectivity index (χ4v) is 2.23. The molecule has 0 spiro atoms. The molecule has 0 aliphatic carbocycles. The van der Waals surface area contributed by atoms with Crippen molar-refractivity contribution in [2.75, 3.05) is 38.7 Å². The Labute approximate surface area is 100 Å². The summed E-state index contributed by atoms with van der Waals surface area (Å²) in [6, 6.07) is 0.437. The highest BCUT2D eigenvalue weighted by atomic mass is 32.2. The maximum atomic E-state index is 11.1. The molecule has 4 nitrogen and oxygen atoms in total. The number of rotatable bonds is 9. The number of nitrogens with zero attached hydrogens (tertiary/aromatic N) is 1. The van der Waals surface area contributed by atoms with Crippen LogP contribution < -0.4 is 5.32 Å². The number of likely N-dealkylation sites (N-methyl/N-ethyl adjacent to an activating group) is 2.